The fraction of sp³-hybridized carbons (Fsp3) is 1.00. The first kappa shape index (κ1) is 29.4. The van der Waals surface area contributed by atoms with Gasteiger partial charge in [0.1, 0.15) is 24.4 Å². The molecule has 41 heavy (non-hydrogen) atoms. The number of aliphatic hydroxyl groups is 5. The molecule has 234 valence electrons. The van der Waals surface area contributed by atoms with Crippen LogP contribution < -0.4 is 0 Å². The van der Waals surface area contributed by atoms with Gasteiger partial charge < -0.3 is 35.0 Å². The lowest BCUT2D eigenvalue weighted by atomic mass is 9.51. The summed E-state index contributed by atoms with van der Waals surface area (Å²) in [6.45, 7) is 9.55. The molecule has 4 aliphatic carbocycles. The third-order valence-electron chi connectivity index (χ3n) is 14.1. The Balaban J connectivity index is 1.06. The van der Waals surface area contributed by atoms with Gasteiger partial charge in [-0.2, -0.15) is 0 Å². The van der Waals surface area contributed by atoms with Gasteiger partial charge in [0.05, 0.1) is 18.8 Å². The molecule has 3 heterocycles. The Kier molecular flexibility index (Phi) is 7.84. The summed E-state index contributed by atoms with van der Waals surface area (Å²) in [6, 6.07) is 0.787. The lowest BCUT2D eigenvalue weighted by Gasteiger charge is -2.57. The lowest BCUT2D eigenvalue weighted by Crippen LogP contribution is -2.60. The van der Waals surface area contributed by atoms with Crippen LogP contribution >= 0.6 is 0 Å². The van der Waals surface area contributed by atoms with E-state index in [1.54, 1.807) is 0 Å². The normalized spacial score (nSPS) is 59.0. The van der Waals surface area contributed by atoms with Crippen LogP contribution in [-0.2, 0) is 9.47 Å². The van der Waals surface area contributed by atoms with Gasteiger partial charge in [0, 0.05) is 19.1 Å². The molecule has 0 unspecified atom stereocenters. The topological polar surface area (TPSA) is 123 Å². The van der Waals surface area contributed by atoms with Crippen LogP contribution in [0.5, 0.6) is 0 Å². The number of hydrogen-bond donors (Lipinski definition) is 5. The fourth-order valence-electron chi connectivity index (χ4n) is 12.1. The van der Waals surface area contributed by atoms with E-state index in [1.807, 2.05) is 0 Å². The highest BCUT2D eigenvalue weighted by molar-refractivity contribution is 5.12. The summed E-state index contributed by atoms with van der Waals surface area (Å²) in [5.41, 5.74) is 0.0763. The lowest BCUT2D eigenvalue weighted by molar-refractivity contribution is -0.317. The second-order valence-corrected chi connectivity index (χ2v) is 15.9. The van der Waals surface area contributed by atoms with Crippen molar-refractivity contribution in [1.29, 1.82) is 0 Å². The van der Waals surface area contributed by atoms with Gasteiger partial charge in [0.2, 0.25) is 0 Å². The molecule has 0 radical (unpaired) electrons. The molecule has 8 heteroatoms. The van der Waals surface area contributed by atoms with E-state index in [1.165, 1.54) is 45.2 Å². The Hall–Kier alpha value is -0.320. The van der Waals surface area contributed by atoms with Gasteiger partial charge in [0.15, 0.2) is 6.29 Å². The van der Waals surface area contributed by atoms with Crippen molar-refractivity contribution in [2.75, 3.05) is 19.7 Å². The van der Waals surface area contributed by atoms with E-state index in [-0.39, 0.29) is 23.5 Å². The van der Waals surface area contributed by atoms with Gasteiger partial charge in [-0.1, -0.05) is 20.8 Å². The molecule has 8 nitrogen and oxygen atoms in total. The minimum Gasteiger partial charge on any atom is -0.394 e. The summed E-state index contributed by atoms with van der Waals surface area (Å²) in [6.07, 6.45) is 3.39. The minimum absolute atomic E-state index is 0.0763. The Morgan fingerprint density at radius 2 is 1.56 bits per heavy atom. The molecule has 7 rings (SSSR count). The molecular formula is C33H55NO7. The van der Waals surface area contributed by atoms with Gasteiger partial charge in [-0.3, -0.25) is 4.90 Å². The molecule has 7 fully saturated rings. The zero-order chi connectivity index (χ0) is 28.8. The van der Waals surface area contributed by atoms with Crippen LogP contribution in [0.3, 0.4) is 0 Å². The molecule has 4 saturated carbocycles. The van der Waals surface area contributed by atoms with E-state index < -0.39 is 37.3 Å². The number of rotatable bonds is 3. The van der Waals surface area contributed by atoms with Crippen molar-refractivity contribution in [3.8, 4) is 0 Å². The average Bonchev–Trinajstić information content (AvgIpc) is 3.34. The van der Waals surface area contributed by atoms with Gasteiger partial charge in [-0.05, 0) is 116 Å². The molecule has 0 spiro atoms. The van der Waals surface area contributed by atoms with E-state index in [2.05, 4.69) is 25.7 Å². The first-order valence-corrected chi connectivity index (χ1v) is 17.0. The molecule has 3 saturated heterocycles. The Labute approximate surface area is 245 Å². The summed E-state index contributed by atoms with van der Waals surface area (Å²) in [7, 11) is 0. The van der Waals surface area contributed by atoms with Crippen LogP contribution in [0.25, 0.3) is 0 Å². The molecule has 18 atom stereocenters. The zero-order valence-electron chi connectivity index (χ0n) is 25.3. The van der Waals surface area contributed by atoms with E-state index >= 15 is 0 Å². The quantitative estimate of drug-likeness (QED) is 0.324. The van der Waals surface area contributed by atoms with Crippen molar-refractivity contribution in [3.05, 3.63) is 0 Å². The highest BCUT2D eigenvalue weighted by Crippen LogP contribution is 2.67. The van der Waals surface area contributed by atoms with E-state index in [9.17, 15) is 25.5 Å². The minimum atomic E-state index is -1.43. The Morgan fingerprint density at radius 3 is 2.34 bits per heavy atom. The van der Waals surface area contributed by atoms with Crippen LogP contribution in [-0.4, -0.2) is 99.1 Å². The van der Waals surface area contributed by atoms with Gasteiger partial charge in [-0.15, -0.1) is 0 Å². The maximum atomic E-state index is 11.6. The first-order valence-electron chi connectivity index (χ1n) is 17.0. The predicted molar refractivity (Wildman–Crippen MR) is 152 cm³/mol. The number of aliphatic hydroxyl groups excluding tert-OH is 5. The highest BCUT2D eigenvalue weighted by atomic mass is 16.7. The maximum Gasteiger partial charge on any atom is 0.186 e. The molecule has 0 bridgehead atoms. The van der Waals surface area contributed by atoms with Crippen molar-refractivity contribution in [2.24, 2.45) is 58.7 Å². The average molecular weight is 578 g/mol. The van der Waals surface area contributed by atoms with E-state index in [0.717, 1.165) is 60.8 Å². The van der Waals surface area contributed by atoms with E-state index in [0.29, 0.717) is 18.3 Å². The number of fused-ring (bicyclic) bond motifs is 8. The van der Waals surface area contributed by atoms with Crippen LogP contribution in [0.1, 0.15) is 78.6 Å². The molecule has 0 aromatic rings. The van der Waals surface area contributed by atoms with Crippen molar-refractivity contribution < 1.29 is 35.0 Å². The molecule has 5 N–H and O–H groups in total. The van der Waals surface area contributed by atoms with Crippen molar-refractivity contribution in [2.45, 2.75) is 128 Å². The summed E-state index contributed by atoms with van der Waals surface area (Å²) in [5.74, 6) is 6.23. The van der Waals surface area contributed by atoms with Gasteiger partial charge in [-0.25, -0.2) is 0 Å². The Morgan fingerprint density at radius 1 is 0.780 bits per heavy atom. The van der Waals surface area contributed by atoms with Crippen LogP contribution in [0.15, 0.2) is 0 Å². The molecule has 0 aromatic heterocycles. The van der Waals surface area contributed by atoms with Crippen molar-refractivity contribution in [3.63, 3.8) is 0 Å². The van der Waals surface area contributed by atoms with Crippen LogP contribution in [0.4, 0.5) is 0 Å². The largest absolute Gasteiger partial charge is 0.394 e. The van der Waals surface area contributed by atoms with E-state index in [4.69, 9.17) is 9.47 Å². The smallest absolute Gasteiger partial charge is 0.186 e. The summed E-state index contributed by atoms with van der Waals surface area (Å²) in [5, 5.41) is 52.1. The van der Waals surface area contributed by atoms with Gasteiger partial charge in [0.25, 0.3) is 0 Å². The van der Waals surface area contributed by atoms with Gasteiger partial charge >= 0.3 is 0 Å². The summed E-state index contributed by atoms with van der Waals surface area (Å²) >= 11 is 0. The first-order chi connectivity index (χ1) is 19.6. The number of nitrogens with zero attached hydrogens (tertiary/aromatic N) is 1. The number of hydrogen-bond acceptors (Lipinski definition) is 8. The molecule has 7 aliphatic rings. The van der Waals surface area contributed by atoms with Crippen LogP contribution in [0, 0.1) is 58.7 Å². The second kappa shape index (κ2) is 10.9. The van der Waals surface area contributed by atoms with Crippen molar-refractivity contribution in [1.82, 2.24) is 4.90 Å². The third kappa shape index (κ3) is 4.68. The highest BCUT2D eigenvalue weighted by Gasteiger charge is 2.63. The fourth-order valence-corrected chi connectivity index (χ4v) is 12.1. The van der Waals surface area contributed by atoms with Crippen molar-refractivity contribution >= 4 is 0 Å². The standard InChI is InChI=1S/C33H55NO7/c1-16-4-7-26-17(2)19-5-6-20-21(23(19)14-34(26)13-16)11-24-22(20)12-27(36)25-10-18(8-9-33(24,25)3)40-32-31(39)30(38)29(37)28(15-35)41-32/h16-32,35-39H,4-15H2,1-3H3/t16-,17-,18+,19+,20+,21+,22+,23-,24+,25-,26+,27-,28-,29-,30+,31-,32-,33-/m1/s1. The van der Waals surface area contributed by atoms with Crippen LogP contribution in [0.2, 0.25) is 0 Å². The summed E-state index contributed by atoms with van der Waals surface area (Å²) in [4.78, 5) is 2.88. The molecule has 0 aromatic carbocycles. The number of ether oxygens (including phenoxy) is 2. The molecule has 0 amide bonds. The molecule has 3 aliphatic heterocycles. The SMILES string of the molecule is C[C@@H]1CC[C@H]2[C@H](C)[C@@H]3CC[C@H]4[C@H](C[C@H]5[C@H]4C[C@@H](O)[C@H]4C[C@@H](O[C@@H]6O[C@H](CO)[C@@H](O)[C@H](O)[C@H]6O)CC[C@@]45C)[C@@H]3CN2C1. The third-order valence-corrected chi connectivity index (χ3v) is 14.1. The molecular weight excluding hydrogens is 522 g/mol. The summed E-state index contributed by atoms with van der Waals surface area (Å²) < 4.78 is 11.9. The second-order valence-electron chi connectivity index (χ2n) is 15.9. The number of piperidine rings is 2. The Bertz CT molecular complexity index is 949. The predicted octanol–water partition coefficient (Wildman–Crippen LogP) is 2.39. The zero-order valence-corrected chi connectivity index (χ0v) is 25.3. The monoisotopic (exact) mass is 577 g/mol. The maximum absolute atomic E-state index is 11.6.